The van der Waals surface area contributed by atoms with E-state index in [0.29, 0.717) is 29.9 Å². The maximum absolute atomic E-state index is 2.41. The Hall–Kier alpha value is -0.781. The predicted octanol–water partition coefficient (Wildman–Crippen LogP) is 1.91. The van der Waals surface area contributed by atoms with E-state index in [4.69, 9.17) is 0 Å². The van der Waals surface area contributed by atoms with Crippen LogP contribution in [0.1, 0.15) is 6.92 Å². The molecule has 2 aromatic rings. The molecule has 0 N–H and O–H groups in total. The van der Waals surface area contributed by atoms with Gasteiger partial charge in [-0.3, -0.25) is 0 Å². The Bertz CT molecular complexity index is 475. The second kappa shape index (κ2) is 6.83. The topological polar surface area (TPSA) is 0 Å². The Kier molecular flexibility index (Phi) is 5.09. The van der Waals surface area contributed by atoms with Crippen molar-refractivity contribution in [2.24, 2.45) is 0 Å². The molecular weight excluding hydrogens is 338 g/mol. The van der Waals surface area contributed by atoms with Crippen LogP contribution in [0, 0.1) is 0 Å². The summed E-state index contributed by atoms with van der Waals surface area (Å²) in [5.41, 5.74) is 0. The Labute approximate surface area is 115 Å². The molecule has 17 heavy (non-hydrogen) atoms. The molecule has 0 heterocycles. The average molecular weight is 352 g/mol. The number of hydrogen-bond acceptors (Lipinski definition) is 0. The first kappa shape index (κ1) is 12.7. The summed E-state index contributed by atoms with van der Waals surface area (Å²) in [5.74, 6) is 0. The van der Waals surface area contributed by atoms with Crippen LogP contribution in [-0.2, 0) is 0 Å². The van der Waals surface area contributed by atoms with Gasteiger partial charge in [-0.15, -0.1) is 0 Å². The SMILES string of the molecule is CC(=C[Se]c1ccccc1)[Se]c1ccccc1. The third kappa shape index (κ3) is 4.53. The molecule has 0 aliphatic heterocycles. The van der Waals surface area contributed by atoms with Gasteiger partial charge in [0.1, 0.15) is 0 Å². The minimum absolute atomic E-state index is 0.474. The Morgan fingerprint density at radius 3 is 1.94 bits per heavy atom. The van der Waals surface area contributed by atoms with Gasteiger partial charge in [-0.05, 0) is 0 Å². The van der Waals surface area contributed by atoms with Crippen LogP contribution in [0.3, 0.4) is 0 Å². The summed E-state index contributed by atoms with van der Waals surface area (Å²) in [6.45, 7) is 2.25. The first-order valence-corrected chi connectivity index (χ1v) is 9.02. The van der Waals surface area contributed by atoms with E-state index in [1.165, 1.54) is 13.4 Å². The molecule has 0 saturated heterocycles. The standard InChI is InChI=1S/C15H14Se2/c1-13(17-15-10-6-3-7-11-15)12-16-14-8-4-2-5-9-14/h2-12H,1H3. The molecule has 0 aliphatic rings. The van der Waals surface area contributed by atoms with Gasteiger partial charge in [0.05, 0.1) is 0 Å². The van der Waals surface area contributed by atoms with Crippen LogP contribution >= 0.6 is 0 Å². The van der Waals surface area contributed by atoms with Gasteiger partial charge in [0.25, 0.3) is 0 Å². The van der Waals surface area contributed by atoms with E-state index in [2.05, 4.69) is 72.6 Å². The van der Waals surface area contributed by atoms with Crippen molar-refractivity contribution in [1.82, 2.24) is 0 Å². The van der Waals surface area contributed by atoms with E-state index in [0.717, 1.165) is 0 Å². The summed E-state index contributed by atoms with van der Waals surface area (Å²) >= 11 is 0.958. The molecule has 0 aliphatic carbocycles. The molecule has 0 amide bonds. The molecule has 0 nitrogen and oxygen atoms in total. The molecule has 0 saturated carbocycles. The minimum atomic E-state index is 0.474. The summed E-state index contributed by atoms with van der Waals surface area (Å²) in [5, 5.41) is 0. The molecule has 0 atom stereocenters. The number of rotatable bonds is 4. The fraction of sp³-hybridized carbons (Fsp3) is 0.0667. The van der Waals surface area contributed by atoms with Crippen molar-refractivity contribution >= 4 is 38.8 Å². The molecule has 0 spiro atoms. The summed E-state index contributed by atoms with van der Waals surface area (Å²) in [7, 11) is 0. The molecule has 86 valence electrons. The van der Waals surface area contributed by atoms with Crippen molar-refractivity contribution in [2.75, 3.05) is 0 Å². The van der Waals surface area contributed by atoms with E-state index < -0.39 is 0 Å². The Morgan fingerprint density at radius 2 is 1.35 bits per heavy atom. The van der Waals surface area contributed by atoms with Gasteiger partial charge >= 0.3 is 116 Å². The number of hydrogen-bond donors (Lipinski definition) is 0. The van der Waals surface area contributed by atoms with Crippen molar-refractivity contribution < 1.29 is 0 Å². The van der Waals surface area contributed by atoms with Crippen LogP contribution in [0.5, 0.6) is 0 Å². The molecule has 2 rings (SSSR count). The number of benzene rings is 2. The summed E-state index contributed by atoms with van der Waals surface area (Å²) in [6, 6.07) is 21.5. The molecule has 0 bridgehead atoms. The Balaban J connectivity index is 1.94. The first-order chi connectivity index (χ1) is 8.34. The molecule has 0 fully saturated rings. The zero-order valence-electron chi connectivity index (χ0n) is 9.67. The molecule has 2 heteroatoms. The van der Waals surface area contributed by atoms with Gasteiger partial charge in [0.2, 0.25) is 0 Å². The molecule has 0 unspecified atom stereocenters. The third-order valence-electron chi connectivity index (χ3n) is 2.13. The van der Waals surface area contributed by atoms with E-state index >= 15 is 0 Å². The maximum atomic E-state index is 2.41. The first-order valence-electron chi connectivity index (χ1n) is 5.46. The van der Waals surface area contributed by atoms with Gasteiger partial charge in [0, 0.05) is 0 Å². The second-order valence-electron chi connectivity index (χ2n) is 3.57. The van der Waals surface area contributed by atoms with Gasteiger partial charge in [-0.25, -0.2) is 0 Å². The normalized spacial score (nSPS) is 11.5. The fourth-order valence-corrected chi connectivity index (χ4v) is 5.19. The summed E-state index contributed by atoms with van der Waals surface area (Å²) < 4.78 is 4.42. The molecule has 0 radical (unpaired) electrons. The summed E-state index contributed by atoms with van der Waals surface area (Å²) in [4.78, 5) is 2.41. The van der Waals surface area contributed by atoms with Crippen LogP contribution in [-0.4, -0.2) is 29.9 Å². The second-order valence-corrected chi connectivity index (χ2v) is 8.32. The Morgan fingerprint density at radius 1 is 0.824 bits per heavy atom. The van der Waals surface area contributed by atoms with Crippen LogP contribution in [0.25, 0.3) is 0 Å². The van der Waals surface area contributed by atoms with Crippen molar-refractivity contribution in [3.8, 4) is 0 Å². The van der Waals surface area contributed by atoms with Gasteiger partial charge in [-0.2, -0.15) is 0 Å². The van der Waals surface area contributed by atoms with Crippen LogP contribution in [0.4, 0.5) is 0 Å². The van der Waals surface area contributed by atoms with Crippen LogP contribution in [0.2, 0.25) is 0 Å². The molecular formula is C15H14Se2. The van der Waals surface area contributed by atoms with E-state index in [1.54, 1.807) is 0 Å². The quantitative estimate of drug-likeness (QED) is 0.738. The van der Waals surface area contributed by atoms with E-state index in [-0.39, 0.29) is 0 Å². The molecule has 0 aromatic heterocycles. The van der Waals surface area contributed by atoms with Crippen molar-refractivity contribution in [3.63, 3.8) is 0 Å². The van der Waals surface area contributed by atoms with Gasteiger partial charge in [-0.1, -0.05) is 0 Å². The zero-order valence-corrected chi connectivity index (χ0v) is 13.1. The summed E-state index contributed by atoms with van der Waals surface area (Å²) in [6.07, 6.45) is 0. The van der Waals surface area contributed by atoms with Gasteiger partial charge < -0.3 is 0 Å². The van der Waals surface area contributed by atoms with E-state index in [1.807, 2.05) is 0 Å². The number of allylic oxidation sites excluding steroid dienone is 1. The average Bonchev–Trinajstić information content (AvgIpc) is 2.39. The predicted molar refractivity (Wildman–Crippen MR) is 77.4 cm³/mol. The zero-order chi connectivity index (χ0) is 11.9. The third-order valence-corrected chi connectivity index (χ3v) is 7.00. The van der Waals surface area contributed by atoms with Gasteiger partial charge in [0.15, 0.2) is 0 Å². The van der Waals surface area contributed by atoms with Crippen molar-refractivity contribution in [2.45, 2.75) is 6.92 Å². The van der Waals surface area contributed by atoms with Crippen LogP contribution in [0.15, 0.2) is 70.1 Å². The fourth-order valence-electron chi connectivity index (χ4n) is 1.35. The van der Waals surface area contributed by atoms with Crippen LogP contribution < -0.4 is 8.92 Å². The molecule has 2 aromatic carbocycles. The monoisotopic (exact) mass is 354 g/mol. The van der Waals surface area contributed by atoms with Crippen molar-refractivity contribution in [3.05, 3.63) is 70.1 Å². The van der Waals surface area contributed by atoms with E-state index in [9.17, 15) is 0 Å². The van der Waals surface area contributed by atoms with Crippen molar-refractivity contribution in [1.29, 1.82) is 0 Å².